The first-order chi connectivity index (χ1) is 11.0. The van der Waals surface area contributed by atoms with Gasteiger partial charge in [0.25, 0.3) is 0 Å². The predicted molar refractivity (Wildman–Crippen MR) is 84.5 cm³/mol. The molecule has 3 aliphatic heterocycles. The lowest BCUT2D eigenvalue weighted by Crippen LogP contribution is -2.78. The summed E-state index contributed by atoms with van der Waals surface area (Å²) in [4.78, 5) is 13.3. The normalized spacial score (nSPS) is 62.4. The largest absolute Gasteiger partial charge is 0.351 e. The summed E-state index contributed by atoms with van der Waals surface area (Å²) in [7, 11) is 0. The van der Waals surface area contributed by atoms with Crippen molar-refractivity contribution in [2.45, 2.75) is 64.3 Å². The van der Waals surface area contributed by atoms with Crippen LogP contribution in [0.1, 0.15) is 51.9 Å². The highest BCUT2D eigenvalue weighted by Gasteiger charge is 2.78. The topological polar surface area (TPSA) is 35.5 Å². The minimum Gasteiger partial charge on any atom is -0.351 e. The van der Waals surface area contributed by atoms with Crippen molar-refractivity contribution >= 4 is 5.78 Å². The monoisotopic (exact) mass is 314 g/mol. The van der Waals surface area contributed by atoms with E-state index in [1.54, 1.807) is 0 Å². The summed E-state index contributed by atoms with van der Waals surface area (Å²) in [5.41, 5.74) is 1.06. The summed E-state index contributed by atoms with van der Waals surface area (Å²) >= 11 is 0. The molecule has 8 aliphatic rings. The third-order valence-corrected chi connectivity index (χ3v) is 9.07. The van der Waals surface area contributed by atoms with Crippen molar-refractivity contribution in [3.05, 3.63) is 12.2 Å². The minimum absolute atomic E-state index is 0.0457. The van der Waals surface area contributed by atoms with Gasteiger partial charge in [-0.2, -0.15) is 0 Å². The van der Waals surface area contributed by atoms with E-state index in [0.717, 1.165) is 37.9 Å². The van der Waals surface area contributed by atoms with Gasteiger partial charge in [-0.15, -0.1) is 0 Å². The number of rotatable bonds is 0. The molecule has 0 N–H and O–H groups in total. The van der Waals surface area contributed by atoms with Gasteiger partial charge in [0.15, 0.2) is 12.1 Å². The zero-order valence-corrected chi connectivity index (χ0v) is 14.0. The number of Topliss-reactive ketones (excluding diaryl/α,β-unsaturated/α-hetero) is 1. The second-order valence-electron chi connectivity index (χ2n) is 9.59. The summed E-state index contributed by atoms with van der Waals surface area (Å²) in [6.45, 7) is 7.46. The smallest absolute Gasteiger partial charge is 0.167 e. The van der Waals surface area contributed by atoms with Crippen LogP contribution in [0.15, 0.2) is 12.2 Å². The number of ketones is 1. The summed E-state index contributed by atoms with van der Waals surface area (Å²) in [6.07, 6.45) is 8.20. The molecule has 23 heavy (non-hydrogen) atoms. The van der Waals surface area contributed by atoms with Gasteiger partial charge >= 0.3 is 0 Å². The van der Waals surface area contributed by atoms with Gasteiger partial charge in [0, 0.05) is 5.41 Å². The first-order valence-electron chi connectivity index (χ1n) is 9.53. The van der Waals surface area contributed by atoms with E-state index in [2.05, 4.69) is 13.5 Å². The maximum atomic E-state index is 13.3. The molecular weight excluding hydrogens is 288 g/mol. The van der Waals surface area contributed by atoms with Crippen LogP contribution in [-0.2, 0) is 14.3 Å². The molecule has 3 nitrogen and oxygen atoms in total. The highest BCUT2D eigenvalue weighted by Crippen LogP contribution is 2.77. The van der Waals surface area contributed by atoms with Gasteiger partial charge in [0.05, 0.1) is 18.1 Å². The van der Waals surface area contributed by atoms with Crippen LogP contribution in [0, 0.1) is 34.0 Å². The Morgan fingerprint density at radius 3 is 2.91 bits per heavy atom. The number of ether oxygens (including phenoxy) is 2. The lowest BCUT2D eigenvalue weighted by atomic mass is 9.33. The molecule has 7 bridgehead atoms. The minimum atomic E-state index is -0.252. The molecule has 0 aromatic carbocycles. The molecule has 3 unspecified atom stereocenters. The van der Waals surface area contributed by atoms with Crippen molar-refractivity contribution in [3.8, 4) is 0 Å². The first-order valence-corrected chi connectivity index (χ1v) is 9.53. The van der Waals surface area contributed by atoms with Crippen LogP contribution >= 0.6 is 0 Å². The Labute approximate surface area is 137 Å². The molecule has 124 valence electrons. The van der Waals surface area contributed by atoms with Gasteiger partial charge in [-0.3, -0.25) is 4.79 Å². The molecule has 3 saturated heterocycles. The fraction of sp³-hybridized carbons (Fsp3) is 0.850. The number of hydrogen-bond donors (Lipinski definition) is 0. The van der Waals surface area contributed by atoms with Crippen LogP contribution in [0.3, 0.4) is 0 Å². The Balaban J connectivity index is 1.58. The zero-order valence-electron chi connectivity index (χ0n) is 14.0. The molecule has 8 fully saturated rings. The fourth-order valence-electron chi connectivity index (χ4n) is 8.18. The SMILES string of the molecule is C=C1C(=O)C23CC[C@H]1CC2[C@@]12CCC[C@@]4(C)CO[C@@H]1O[C@@H]3CC42. The van der Waals surface area contributed by atoms with Crippen LogP contribution < -0.4 is 0 Å². The van der Waals surface area contributed by atoms with E-state index in [4.69, 9.17) is 9.47 Å². The van der Waals surface area contributed by atoms with Crippen molar-refractivity contribution < 1.29 is 14.3 Å². The van der Waals surface area contributed by atoms with Gasteiger partial charge in [-0.25, -0.2) is 0 Å². The number of fused-ring (bicyclic) bond motifs is 2. The molecule has 5 aliphatic carbocycles. The van der Waals surface area contributed by atoms with E-state index in [1.165, 1.54) is 19.3 Å². The summed E-state index contributed by atoms with van der Waals surface area (Å²) in [5, 5.41) is 0. The van der Waals surface area contributed by atoms with E-state index in [0.29, 0.717) is 29.0 Å². The Bertz CT molecular complexity index is 641. The Morgan fingerprint density at radius 2 is 2.04 bits per heavy atom. The molecule has 3 heterocycles. The maximum Gasteiger partial charge on any atom is 0.167 e. The Hall–Kier alpha value is -0.670. The zero-order chi connectivity index (χ0) is 15.6. The Kier molecular flexibility index (Phi) is 2.23. The maximum absolute atomic E-state index is 13.3. The molecule has 0 amide bonds. The number of allylic oxidation sites excluding steroid dienone is 1. The quantitative estimate of drug-likeness (QED) is 0.642. The van der Waals surface area contributed by atoms with Crippen molar-refractivity contribution in [2.75, 3.05) is 6.61 Å². The summed E-state index contributed by atoms with van der Waals surface area (Å²) < 4.78 is 12.8. The first kappa shape index (κ1) is 13.6. The van der Waals surface area contributed by atoms with Gasteiger partial charge in [-0.1, -0.05) is 19.9 Å². The molecule has 2 spiro atoms. The standard InChI is InChI=1S/C20H26O3/c1-11-12-4-7-20(16(11)21)14(8-12)19-6-3-5-18(2)10-22-17(19)23-15(20)9-13(18)19/h12-15,17H,1,3-10H2,2H3/t12-,13?,14?,15+,17+,18-,19-,20?/m0/s1. The van der Waals surface area contributed by atoms with E-state index in [9.17, 15) is 4.79 Å². The van der Waals surface area contributed by atoms with E-state index < -0.39 is 0 Å². The molecule has 3 heteroatoms. The molecule has 8 rings (SSSR count). The highest BCUT2D eigenvalue weighted by molar-refractivity contribution is 6.02. The van der Waals surface area contributed by atoms with Crippen LogP contribution in [-0.4, -0.2) is 24.8 Å². The molecule has 0 radical (unpaired) electrons. The van der Waals surface area contributed by atoms with Gasteiger partial charge in [0.1, 0.15) is 0 Å². The summed E-state index contributed by atoms with van der Waals surface area (Å²) in [6, 6.07) is 0. The van der Waals surface area contributed by atoms with E-state index in [-0.39, 0.29) is 23.2 Å². The molecule has 8 atom stereocenters. The van der Waals surface area contributed by atoms with E-state index in [1.807, 2.05) is 0 Å². The van der Waals surface area contributed by atoms with E-state index >= 15 is 0 Å². The second-order valence-corrected chi connectivity index (χ2v) is 9.59. The molecule has 5 saturated carbocycles. The lowest BCUT2D eigenvalue weighted by molar-refractivity contribution is -0.420. The second kappa shape index (κ2) is 3.77. The molecule has 0 aromatic heterocycles. The molecule has 0 aromatic rings. The summed E-state index contributed by atoms with van der Waals surface area (Å²) in [5.74, 6) is 1.96. The third-order valence-electron chi connectivity index (χ3n) is 9.07. The third kappa shape index (κ3) is 1.20. The van der Waals surface area contributed by atoms with Crippen LogP contribution in [0.5, 0.6) is 0 Å². The van der Waals surface area contributed by atoms with Crippen molar-refractivity contribution in [3.63, 3.8) is 0 Å². The average molecular weight is 314 g/mol. The number of carbonyl (C=O) groups excluding carboxylic acids is 1. The van der Waals surface area contributed by atoms with Crippen LogP contribution in [0.4, 0.5) is 0 Å². The fourth-order valence-corrected chi connectivity index (χ4v) is 8.18. The number of hydrogen-bond acceptors (Lipinski definition) is 3. The average Bonchev–Trinajstić information content (AvgIpc) is 2.55. The number of carbonyl (C=O) groups is 1. The van der Waals surface area contributed by atoms with Gasteiger partial charge in [-0.05, 0) is 67.3 Å². The van der Waals surface area contributed by atoms with Gasteiger partial charge in [0.2, 0.25) is 0 Å². The highest BCUT2D eigenvalue weighted by atomic mass is 16.7. The lowest BCUT2D eigenvalue weighted by Gasteiger charge is -2.76. The van der Waals surface area contributed by atoms with Crippen molar-refractivity contribution in [1.82, 2.24) is 0 Å². The van der Waals surface area contributed by atoms with Crippen molar-refractivity contribution in [1.29, 1.82) is 0 Å². The van der Waals surface area contributed by atoms with Crippen LogP contribution in [0.25, 0.3) is 0 Å². The molecular formula is C20H26O3. The predicted octanol–water partition coefficient (Wildman–Crippen LogP) is 3.48. The Morgan fingerprint density at radius 1 is 1.17 bits per heavy atom. The van der Waals surface area contributed by atoms with Crippen LogP contribution in [0.2, 0.25) is 0 Å². The van der Waals surface area contributed by atoms with Crippen molar-refractivity contribution in [2.24, 2.45) is 34.0 Å². The van der Waals surface area contributed by atoms with Gasteiger partial charge < -0.3 is 9.47 Å².